The second kappa shape index (κ2) is 8.83. The van der Waals surface area contributed by atoms with Crippen molar-refractivity contribution in [3.63, 3.8) is 0 Å². The van der Waals surface area contributed by atoms with Gasteiger partial charge in [0.1, 0.15) is 22.1 Å². The molecule has 9 heteroatoms. The van der Waals surface area contributed by atoms with Crippen LogP contribution in [0.15, 0.2) is 40.6 Å². The molecule has 0 aliphatic carbocycles. The minimum atomic E-state index is -3.70. The van der Waals surface area contributed by atoms with Crippen molar-refractivity contribution in [2.24, 2.45) is 0 Å². The summed E-state index contributed by atoms with van der Waals surface area (Å²) in [4.78, 5) is 12.7. The molecule has 1 fully saturated rings. The molecule has 0 atom stereocenters. The van der Waals surface area contributed by atoms with Crippen molar-refractivity contribution in [2.45, 2.75) is 11.8 Å². The van der Waals surface area contributed by atoms with E-state index in [-0.39, 0.29) is 16.3 Å². The van der Waals surface area contributed by atoms with E-state index >= 15 is 0 Å². The van der Waals surface area contributed by atoms with Crippen LogP contribution in [0.25, 0.3) is 0 Å². The molecule has 0 radical (unpaired) electrons. The maximum atomic E-state index is 12.8. The zero-order chi connectivity index (χ0) is 19.3. The van der Waals surface area contributed by atoms with Gasteiger partial charge in [-0.2, -0.15) is 4.31 Å². The smallest absolute Gasteiger partial charge is 0.262 e. The monoisotopic (exact) mass is 410 g/mol. The van der Waals surface area contributed by atoms with Crippen LogP contribution in [-0.2, 0) is 14.8 Å². The second-order valence-electron chi connectivity index (χ2n) is 6.05. The Bertz CT molecular complexity index is 871. The molecule has 0 spiro atoms. The molecular weight excluding hydrogens is 388 g/mol. The zero-order valence-electron chi connectivity index (χ0n) is 15.0. The number of hydrogen-bond donors (Lipinski definition) is 1. The number of amides is 1. The van der Waals surface area contributed by atoms with Gasteiger partial charge in [-0.3, -0.25) is 4.79 Å². The highest BCUT2D eigenvalue weighted by atomic mass is 32.2. The van der Waals surface area contributed by atoms with Gasteiger partial charge in [-0.25, -0.2) is 8.42 Å². The average Bonchev–Trinajstić information content (AvgIpc) is 3.18. The van der Waals surface area contributed by atoms with Gasteiger partial charge in [0, 0.05) is 13.1 Å². The molecule has 27 heavy (non-hydrogen) atoms. The highest BCUT2D eigenvalue weighted by molar-refractivity contribution is 7.89. The van der Waals surface area contributed by atoms with Crippen molar-refractivity contribution in [1.29, 1.82) is 0 Å². The minimum Gasteiger partial charge on any atom is -0.492 e. The number of hydrogen-bond acceptors (Lipinski definition) is 6. The summed E-state index contributed by atoms with van der Waals surface area (Å²) >= 11 is 1.11. The van der Waals surface area contributed by atoms with Gasteiger partial charge in [-0.15, -0.1) is 11.3 Å². The van der Waals surface area contributed by atoms with E-state index < -0.39 is 15.9 Å². The van der Waals surface area contributed by atoms with Crippen LogP contribution in [0.3, 0.4) is 0 Å². The van der Waals surface area contributed by atoms with Gasteiger partial charge in [-0.05, 0) is 30.5 Å². The average molecular weight is 411 g/mol. The van der Waals surface area contributed by atoms with Crippen molar-refractivity contribution in [2.75, 3.05) is 39.5 Å². The number of nitrogens with zero attached hydrogens (tertiary/aromatic N) is 1. The van der Waals surface area contributed by atoms with Gasteiger partial charge in [0.15, 0.2) is 0 Å². The fourth-order valence-electron chi connectivity index (χ4n) is 2.64. The molecule has 1 aliphatic heterocycles. The number of benzene rings is 1. The standard InChI is InChI=1S/C18H22N2O5S2/c1-14-2-4-15(5-3-14)25-10-7-19-18(21)17-16(6-13-26-17)27(22,23)20-8-11-24-12-9-20/h2-6,13H,7-12H2,1H3,(H,19,21). The van der Waals surface area contributed by atoms with Crippen LogP contribution in [0, 0.1) is 6.92 Å². The quantitative estimate of drug-likeness (QED) is 0.705. The molecule has 1 N–H and O–H groups in total. The number of morpholine rings is 1. The molecule has 1 saturated heterocycles. The third kappa shape index (κ3) is 4.86. The first-order chi connectivity index (χ1) is 13.0. The Balaban J connectivity index is 1.57. The Labute approximate surface area is 163 Å². The summed E-state index contributed by atoms with van der Waals surface area (Å²) < 4.78 is 37.7. The van der Waals surface area contributed by atoms with E-state index in [9.17, 15) is 13.2 Å². The maximum Gasteiger partial charge on any atom is 0.262 e. The lowest BCUT2D eigenvalue weighted by Gasteiger charge is -2.26. The van der Waals surface area contributed by atoms with Gasteiger partial charge in [0.2, 0.25) is 10.0 Å². The molecule has 1 aromatic carbocycles. The Morgan fingerprint density at radius 3 is 2.63 bits per heavy atom. The van der Waals surface area contributed by atoms with Crippen LogP contribution in [0.2, 0.25) is 0 Å². The zero-order valence-corrected chi connectivity index (χ0v) is 16.6. The maximum absolute atomic E-state index is 12.8. The van der Waals surface area contributed by atoms with Crippen molar-refractivity contribution < 1.29 is 22.7 Å². The number of sulfonamides is 1. The Morgan fingerprint density at radius 2 is 1.93 bits per heavy atom. The third-order valence-electron chi connectivity index (χ3n) is 4.10. The van der Waals surface area contributed by atoms with Crippen molar-refractivity contribution in [1.82, 2.24) is 9.62 Å². The second-order valence-corrected chi connectivity index (χ2v) is 8.87. The van der Waals surface area contributed by atoms with E-state index in [2.05, 4.69) is 5.32 Å². The Kier molecular flexibility index (Phi) is 6.48. The summed E-state index contributed by atoms with van der Waals surface area (Å²) in [6, 6.07) is 9.10. The molecule has 2 aromatic rings. The van der Waals surface area contributed by atoms with Gasteiger partial charge < -0.3 is 14.8 Å². The van der Waals surface area contributed by atoms with E-state index in [4.69, 9.17) is 9.47 Å². The van der Waals surface area contributed by atoms with Crippen molar-refractivity contribution in [3.8, 4) is 5.75 Å². The molecule has 1 aliphatic rings. The number of carbonyl (C=O) groups is 1. The van der Waals surface area contributed by atoms with Gasteiger partial charge in [0.05, 0.1) is 19.8 Å². The predicted molar refractivity (Wildman–Crippen MR) is 103 cm³/mol. The number of ether oxygens (including phenoxy) is 2. The molecule has 2 heterocycles. The van der Waals surface area contributed by atoms with Crippen LogP contribution in [0.5, 0.6) is 5.75 Å². The van der Waals surface area contributed by atoms with Gasteiger partial charge >= 0.3 is 0 Å². The summed E-state index contributed by atoms with van der Waals surface area (Å²) in [5, 5.41) is 4.34. The molecule has 1 aromatic heterocycles. The summed E-state index contributed by atoms with van der Waals surface area (Å²) in [6.07, 6.45) is 0. The van der Waals surface area contributed by atoms with Crippen LogP contribution in [0.1, 0.15) is 15.2 Å². The number of nitrogens with one attached hydrogen (secondary N) is 1. The first kappa shape index (κ1) is 19.8. The lowest BCUT2D eigenvalue weighted by Crippen LogP contribution is -2.41. The van der Waals surface area contributed by atoms with E-state index in [1.165, 1.54) is 10.4 Å². The molecule has 0 saturated carbocycles. The Morgan fingerprint density at radius 1 is 1.22 bits per heavy atom. The lowest BCUT2D eigenvalue weighted by atomic mass is 10.2. The number of aryl methyl sites for hydroxylation is 1. The largest absolute Gasteiger partial charge is 0.492 e. The van der Waals surface area contributed by atoms with Crippen LogP contribution in [-0.4, -0.2) is 58.1 Å². The predicted octanol–water partition coefficient (Wildman–Crippen LogP) is 1.89. The summed E-state index contributed by atoms with van der Waals surface area (Å²) in [7, 11) is -3.70. The first-order valence-corrected chi connectivity index (χ1v) is 10.9. The summed E-state index contributed by atoms with van der Waals surface area (Å²) in [6.45, 7) is 3.89. The molecule has 1 amide bonds. The fourth-order valence-corrected chi connectivity index (χ4v) is 5.37. The van der Waals surface area contributed by atoms with E-state index in [1.54, 1.807) is 5.38 Å². The number of carbonyl (C=O) groups excluding carboxylic acids is 1. The molecule has 146 valence electrons. The number of rotatable bonds is 7. The van der Waals surface area contributed by atoms with E-state index in [0.717, 1.165) is 22.6 Å². The SMILES string of the molecule is Cc1ccc(OCCNC(=O)c2sccc2S(=O)(=O)N2CCOCC2)cc1. The molecule has 7 nitrogen and oxygen atoms in total. The molecular formula is C18H22N2O5S2. The van der Waals surface area contributed by atoms with Crippen molar-refractivity contribution in [3.05, 3.63) is 46.2 Å². The number of thiophene rings is 1. The van der Waals surface area contributed by atoms with Crippen LogP contribution in [0.4, 0.5) is 0 Å². The third-order valence-corrected chi connectivity index (χ3v) is 7.08. The molecule has 0 bridgehead atoms. The summed E-state index contributed by atoms with van der Waals surface area (Å²) in [5.41, 5.74) is 1.14. The van der Waals surface area contributed by atoms with Gasteiger partial charge in [0.25, 0.3) is 5.91 Å². The van der Waals surface area contributed by atoms with Crippen LogP contribution < -0.4 is 10.1 Å². The van der Waals surface area contributed by atoms with Crippen molar-refractivity contribution >= 4 is 27.3 Å². The lowest BCUT2D eigenvalue weighted by molar-refractivity contribution is 0.0730. The van der Waals surface area contributed by atoms with Gasteiger partial charge in [-0.1, -0.05) is 17.7 Å². The first-order valence-electron chi connectivity index (χ1n) is 8.61. The molecule has 3 rings (SSSR count). The van der Waals surface area contributed by atoms with E-state index in [1.807, 2.05) is 31.2 Å². The Hall–Kier alpha value is -1.94. The fraction of sp³-hybridized carbons (Fsp3) is 0.389. The minimum absolute atomic E-state index is 0.0475. The molecule has 0 unspecified atom stereocenters. The van der Waals surface area contributed by atoms with Crippen LogP contribution >= 0.6 is 11.3 Å². The highest BCUT2D eigenvalue weighted by Gasteiger charge is 2.31. The van der Waals surface area contributed by atoms with E-state index in [0.29, 0.717) is 32.9 Å². The topological polar surface area (TPSA) is 84.9 Å². The normalized spacial score (nSPS) is 15.4. The highest BCUT2D eigenvalue weighted by Crippen LogP contribution is 2.25. The summed E-state index contributed by atoms with van der Waals surface area (Å²) in [5.74, 6) is 0.311.